The van der Waals surface area contributed by atoms with Crippen LogP contribution in [0.4, 0.5) is 11.4 Å². The Morgan fingerprint density at radius 3 is 2.61 bits per heavy atom. The number of carbonyl (C=O) groups is 3. The summed E-state index contributed by atoms with van der Waals surface area (Å²) in [4.78, 5) is 37.9. The number of ether oxygens (including phenoxy) is 1. The number of benzene rings is 2. The maximum absolute atomic E-state index is 12.3. The Balaban J connectivity index is 1.55. The van der Waals surface area contributed by atoms with E-state index in [0.717, 1.165) is 5.56 Å². The van der Waals surface area contributed by atoms with Crippen molar-refractivity contribution in [3.8, 4) is 0 Å². The molecule has 1 atom stereocenters. The van der Waals surface area contributed by atoms with Gasteiger partial charge in [-0.25, -0.2) is 0 Å². The van der Waals surface area contributed by atoms with E-state index < -0.39 is 24.4 Å². The Morgan fingerprint density at radius 2 is 1.89 bits per heavy atom. The largest absolute Gasteiger partial charge is 0.455 e. The van der Waals surface area contributed by atoms with E-state index in [1.807, 2.05) is 19.1 Å². The van der Waals surface area contributed by atoms with E-state index in [9.17, 15) is 14.4 Å². The molecule has 1 aliphatic heterocycles. The number of nitrogens with one attached hydrogen (secondary N) is 1. The molecule has 2 aromatic carbocycles. The summed E-state index contributed by atoms with van der Waals surface area (Å²) in [5.41, 5.74) is 2.13. The van der Waals surface area contributed by atoms with Crippen molar-refractivity contribution in [2.24, 2.45) is 5.92 Å². The van der Waals surface area contributed by atoms with Crippen LogP contribution in [0.25, 0.3) is 0 Å². The van der Waals surface area contributed by atoms with Gasteiger partial charge in [-0.05, 0) is 31.2 Å². The Labute approximate surface area is 172 Å². The van der Waals surface area contributed by atoms with Crippen LogP contribution in [0, 0.1) is 12.8 Å². The van der Waals surface area contributed by atoms with Crippen LogP contribution in [0.3, 0.4) is 0 Å². The molecule has 0 aliphatic carbocycles. The number of rotatable bonds is 5. The normalized spacial score (nSPS) is 16.2. The molecule has 146 valence electrons. The first kappa shape index (κ1) is 20.2. The fourth-order valence-corrected chi connectivity index (χ4v) is 3.29. The van der Waals surface area contributed by atoms with Crippen LogP contribution in [0.5, 0.6) is 0 Å². The number of carbonyl (C=O) groups excluding carboxylic acids is 3. The number of amides is 2. The molecule has 0 bridgehead atoms. The molecule has 0 unspecified atom stereocenters. The zero-order chi connectivity index (χ0) is 20.3. The van der Waals surface area contributed by atoms with Gasteiger partial charge in [0.15, 0.2) is 6.61 Å². The molecule has 28 heavy (non-hydrogen) atoms. The fraction of sp³-hybridized carbons (Fsp3) is 0.250. The molecule has 1 aliphatic rings. The van der Waals surface area contributed by atoms with Crippen molar-refractivity contribution in [1.29, 1.82) is 0 Å². The summed E-state index contributed by atoms with van der Waals surface area (Å²) in [7, 11) is 0. The second-order valence-electron chi connectivity index (χ2n) is 6.50. The zero-order valence-corrected chi connectivity index (χ0v) is 16.6. The van der Waals surface area contributed by atoms with Gasteiger partial charge in [0.05, 0.1) is 21.7 Å². The van der Waals surface area contributed by atoms with Crippen LogP contribution in [0.2, 0.25) is 10.0 Å². The molecular weight excluding hydrogens is 403 g/mol. The first-order valence-electron chi connectivity index (χ1n) is 8.62. The Hall–Kier alpha value is -2.57. The molecule has 0 spiro atoms. The summed E-state index contributed by atoms with van der Waals surface area (Å²) in [5, 5.41) is 3.23. The van der Waals surface area contributed by atoms with Crippen LogP contribution < -0.4 is 10.2 Å². The van der Waals surface area contributed by atoms with Crippen molar-refractivity contribution in [3.63, 3.8) is 0 Å². The lowest BCUT2D eigenvalue weighted by molar-refractivity contribution is -0.151. The molecule has 6 nitrogen and oxygen atoms in total. The second kappa shape index (κ2) is 8.63. The van der Waals surface area contributed by atoms with Crippen molar-refractivity contribution in [3.05, 3.63) is 58.1 Å². The Bertz CT molecular complexity index is 915. The molecular formula is C20H18Cl2N2O4. The standard InChI is InChI=1S/C20H18Cl2N2O4/c1-12-5-7-14(8-6-12)23-17(25)11-28-20(27)13-9-18(26)24(10-13)16-4-2-3-15(21)19(16)22/h2-8,13H,9-11H2,1H3,(H,23,25)/t13-/m0/s1. The van der Waals surface area contributed by atoms with Crippen molar-refractivity contribution in [2.75, 3.05) is 23.4 Å². The molecule has 1 N–H and O–H groups in total. The average Bonchev–Trinajstić information content (AvgIpc) is 3.05. The lowest BCUT2D eigenvalue weighted by Crippen LogP contribution is -2.28. The predicted octanol–water partition coefficient (Wildman–Crippen LogP) is 3.84. The number of esters is 1. The molecule has 2 amide bonds. The van der Waals surface area contributed by atoms with E-state index in [4.69, 9.17) is 27.9 Å². The van der Waals surface area contributed by atoms with Gasteiger partial charge in [-0.2, -0.15) is 0 Å². The third kappa shape index (κ3) is 4.64. The van der Waals surface area contributed by atoms with E-state index >= 15 is 0 Å². The van der Waals surface area contributed by atoms with Gasteiger partial charge in [0, 0.05) is 18.7 Å². The number of nitrogens with zero attached hydrogens (tertiary/aromatic N) is 1. The van der Waals surface area contributed by atoms with E-state index in [-0.39, 0.29) is 23.9 Å². The molecule has 0 aromatic heterocycles. The minimum atomic E-state index is -0.672. The predicted molar refractivity (Wildman–Crippen MR) is 108 cm³/mol. The third-order valence-corrected chi connectivity index (χ3v) is 5.17. The number of anilines is 2. The highest BCUT2D eigenvalue weighted by molar-refractivity contribution is 6.44. The molecule has 1 saturated heterocycles. The molecule has 1 heterocycles. The maximum atomic E-state index is 12.3. The quantitative estimate of drug-likeness (QED) is 0.745. The van der Waals surface area contributed by atoms with Gasteiger partial charge in [0.2, 0.25) is 5.91 Å². The van der Waals surface area contributed by atoms with Crippen LogP contribution in [0.1, 0.15) is 12.0 Å². The molecule has 8 heteroatoms. The van der Waals surface area contributed by atoms with Crippen molar-refractivity contribution in [1.82, 2.24) is 0 Å². The highest BCUT2D eigenvalue weighted by Gasteiger charge is 2.37. The summed E-state index contributed by atoms with van der Waals surface area (Å²) >= 11 is 12.2. The topological polar surface area (TPSA) is 75.7 Å². The van der Waals surface area contributed by atoms with Gasteiger partial charge in [0.1, 0.15) is 0 Å². The summed E-state index contributed by atoms with van der Waals surface area (Å²) in [6.07, 6.45) is -0.0126. The highest BCUT2D eigenvalue weighted by Crippen LogP contribution is 2.35. The van der Waals surface area contributed by atoms with E-state index in [1.165, 1.54) is 4.90 Å². The van der Waals surface area contributed by atoms with Crippen LogP contribution in [0.15, 0.2) is 42.5 Å². The number of hydrogen-bond donors (Lipinski definition) is 1. The summed E-state index contributed by atoms with van der Waals surface area (Å²) in [6.45, 7) is 1.64. The van der Waals surface area contributed by atoms with Crippen LogP contribution >= 0.6 is 23.2 Å². The van der Waals surface area contributed by atoms with Crippen LogP contribution in [-0.4, -0.2) is 30.9 Å². The third-order valence-electron chi connectivity index (χ3n) is 4.36. The fourth-order valence-electron chi connectivity index (χ4n) is 2.89. The molecule has 0 saturated carbocycles. The number of aryl methyl sites for hydroxylation is 1. The lowest BCUT2D eigenvalue weighted by Gasteiger charge is -2.18. The van der Waals surface area contributed by atoms with Crippen molar-refractivity contribution in [2.45, 2.75) is 13.3 Å². The SMILES string of the molecule is Cc1ccc(NC(=O)COC(=O)[C@H]2CC(=O)N(c3cccc(Cl)c3Cl)C2)cc1. The van der Waals surface area contributed by atoms with E-state index in [1.54, 1.807) is 30.3 Å². The second-order valence-corrected chi connectivity index (χ2v) is 7.29. The van der Waals surface area contributed by atoms with E-state index in [0.29, 0.717) is 16.4 Å². The minimum Gasteiger partial charge on any atom is -0.455 e. The minimum absolute atomic E-state index is 0.0126. The maximum Gasteiger partial charge on any atom is 0.311 e. The molecule has 2 aromatic rings. The lowest BCUT2D eigenvalue weighted by atomic mass is 10.1. The van der Waals surface area contributed by atoms with Gasteiger partial charge in [-0.3, -0.25) is 14.4 Å². The summed E-state index contributed by atoms with van der Waals surface area (Å²) in [6, 6.07) is 12.2. The van der Waals surface area contributed by atoms with E-state index in [2.05, 4.69) is 5.32 Å². The summed E-state index contributed by atoms with van der Waals surface area (Å²) in [5.74, 6) is -1.98. The monoisotopic (exact) mass is 420 g/mol. The van der Waals surface area contributed by atoms with Gasteiger partial charge in [-0.1, -0.05) is 47.0 Å². The van der Waals surface area contributed by atoms with Crippen molar-refractivity contribution >= 4 is 52.4 Å². The highest BCUT2D eigenvalue weighted by atomic mass is 35.5. The van der Waals surface area contributed by atoms with Gasteiger partial charge in [-0.15, -0.1) is 0 Å². The van der Waals surface area contributed by atoms with Gasteiger partial charge in [0.25, 0.3) is 5.91 Å². The number of halogens is 2. The zero-order valence-electron chi connectivity index (χ0n) is 15.1. The summed E-state index contributed by atoms with van der Waals surface area (Å²) < 4.78 is 5.08. The van der Waals surface area contributed by atoms with Crippen LogP contribution in [-0.2, 0) is 19.1 Å². The number of hydrogen-bond acceptors (Lipinski definition) is 4. The van der Waals surface area contributed by atoms with Gasteiger partial charge >= 0.3 is 5.97 Å². The molecule has 1 fully saturated rings. The first-order valence-corrected chi connectivity index (χ1v) is 9.38. The smallest absolute Gasteiger partial charge is 0.311 e. The molecule has 3 rings (SSSR count). The first-order chi connectivity index (χ1) is 13.3. The Morgan fingerprint density at radius 1 is 1.18 bits per heavy atom. The Kier molecular flexibility index (Phi) is 6.21. The van der Waals surface area contributed by atoms with Crippen molar-refractivity contribution < 1.29 is 19.1 Å². The average molecular weight is 421 g/mol. The van der Waals surface area contributed by atoms with Gasteiger partial charge < -0.3 is 15.0 Å². The molecule has 0 radical (unpaired) electrons.